The molecule has 0 aromatic heterocycles. The third-order valence-electron chi connectivity index (χ3n) is 2.53. The molecule has 2 aromatic carbocycles. The molecule has 0 aliphatic heterocycles. The first-order valence-electron chi connectivity index (χ1n) is 5.80. The van der Waals surface area contributed by atoms with Gasteiger partial charge in [-0.1, -0.05) is 30.3 Å². The van der Waals surface area contributed by atoms with Crippen LogP contribution in [0.5, 0.6) is 11.5 Å². The normalized spacial score (nSPS) is 11.2. The van der Waals surface area contributed by atoms with Gasteiger partial charge in [-0.25, -0.2) is 0 Å². The van der Waals surface area contributed by atoms with E-state index in [2.05, 4.69) is 0 Å². The SMILES string of the molecule is O=S(=O)(O)CCc1cccc(Oc2ccccc2)c1. The summed E-state index contributed by atoms with van der Waals surface area (Å²) in [7, 11) is -3.93. The van der Waals surface area contributed by atoms with Gasteiger partial charge >= 0.3 is 0 Å². The lowest BCUT2D eigenvalue weighted by atomic mass is 10.2. The minimum Gasteiger partial charge on any atom is -0.457 e. The van der Waals surface area contributed by atoms with Gasteiger partial charge in [-0.2, -0.15) is 8.42 Å². The van der Waals surface area contributed by atoms with Crippen LogP contribution in [0.1, 0.15) is 5.56 Å². The van der Waals surface area contributed by atoms with E-state index in [-0.39, 0.29) is 12.2 Å². The molecular weight excluding hydrogens is 264 g/mol. The lowest BCUT2D eigenvalue weighted by Gasteiger charge is -2.07. The summed E-state index contributed by atoms with van der Waals surface area (Å²) in [5.41, 5.74) is 0.797. The highest BCUT2D eigenvalue weighted by Gasteiger charge is 2.06. The number of ether oxygens (including phenoxy) is 1. The Bertz CT molecular complexity index is 636. The molecule has 2 aromatic rings. The van der Waals surface area contributed by atoms with Crippen molar-refractivity contribution in [2.45, 2.75) is 6.42 Å². The number of hydrogen-bond donors (Lipinski definition) is 1. The fourth-order valence-electron chi connectivity index (χ4n) is 1.64. The van der Waals surface area contributed by atoms with Crippen molar-refractivity contribution in [3.8, 4) is 11.5 Å². The summed E-state index contributed by atoms with van der Waals surface area (Å²) in [6.07, 6.45) is 0.255. The molecule has 0 bridgehead atoms. The van der Waals surface area contributed by atoms with Gasteiger partial charge in [-0.05, 0) is 36.2 Å². The molecule has 0 fully saturated rings. The maximum atomic E-state index is 10.7. The van der Waals surface area contributed by atoms with Gasteiger partial charge in [0.25, 0.3) is 10.1 Å². The average molecular weight is 278 g/mol. The van der Waals surface area contributed by atoms with Crippen LogP contribution >= 0.6 is 0 Å². The second-order valence-corrected chi connectivity index (χ2v) is 5.67. The molecule has 0 amide bonds. The first kappa shape index (κ1) is 13.6. The van der Waals surface area contributed by atoms with E-state index in [9.17, 15) is 8.42 Å². The van der Waals surface area contributed by atoms with Crippen LogP contribution in [0, 0.1) is 0 Å². The predicted molar refractivity (Wildman–Crippen MR) is 73.1 cm³/mol. The summed E-state index contributed by atoms with van der Waals surface area (Å²) in [5.74, 6) is 1.07. The Morgan fingerprint density at radius 2 is 1.63 bits per heavy atom. The number of para-hydroxylation sites is 1. The number of rotatable bonds is 5. The molecule has 0 aliphatic carbocycles. The van der Waals surface area contributed by atoms with Gasteiger partial charge in [0.05, 0.1) is 5.75 Å². The Labute approximate surface area is 112 Å². The van der Waals surface area contributed by atoms with E-state index in [0.29, 0.717) is 5.75 Å². The molecule has 4 nitrogen and oxygen atoms in total. The maximum absolute atomic E-state index is 10.7. The van der Waals surface area contributed by atoms with E-state index < -0.39 is 10.1 Å². The zero-order valence-corrected chi connectivity index (χ0v) is 11.0. The number of benzene rings is 2. The van der Waals surface area contributed by atoms with Crippen molar-refractivity contribution >= 4 is 10.1 Å². The molecule has 0 unspecified atom stereocenters. The first-order valence-corrected chi connectivity index (χ1v) is 7.41. The van der Waals surface area contributed by atoms with Gasteiger partial charge in [0, 0.05) is 0 Å². The summed E-state index contributed by atoms with van der Waals surface area (Å²) in [6.45, 7) is 0. The second-order valence-electron chi connectivity index (χ2n) is 4.10. The zero-order chi connectivity index (χ0) is 13.7. The number of aryl methyl sites for hydroxylation is 1. The summed E-state index contributed by atoms with van der Waals surface area (Å²) in [6, 6.07) is 16.5. The quantitative estimate of drug-likeness (QED) is 0.854. The smallest absolute Gasteiger partial charge is 0.265 e. The summed E-state index contributed by atoms with van der Waals surface area (Å²) >= 11 is 0. The van der Waals surface area contributed by atoms with Crippen LogP contribution in [-0.4, -0.2) is 18.7 Å². The van der Waals surface area contributed by atoms with E-state index in [1.54, 1.807) is 24.3 Å². The van der Waals surface area contributed by atoms with Crippen LogP contribution in [-0.2, 0) is 16.5 Å². The topological polar surface area (TPSA) is 63.6 Å². The Hall–Kier alpha value is -1.85. The molecule has 0 spiro atoms. The summed E-state index contributed by atoms with van der Waals surface area (Å²) in [4.78, 5) is 0. The lowest BCUT2D eigenvalue weighted by Crippen LogP contribution is -2.06. The van der Waals surface area contributed by atoms with Crippen LogP contribution in [0.3, 0.4) is 0 Å². The Morgan fingerprint density at radius 3 is 2.32 bits per heavy atom. The predicted octanol–water partition coefficient (Wildman–Crippen LogP) is 2.91. The van der Waals surface area contributed by atoms with Crippen molar-refractivity contribution in [3.05, 3.63) is 60.2 Å². The third-order valence-corrected chi connectivity index (χ3v) is 3.25. The minimum atomic E-state index is -3.93. The van der Waals surface area contributed by atoms with Crippen LogP contribution in [0.4, 0.5) is 0 Å². The molecule has 0 atom stereocenters. The van der Waals surface area contributed by atoms with E-state index >= 15 is 0 Å². The molecule has 100 valence electrons. The molecule has 0 radical (unpaired) electrons. The van der Waals surface area contributed by atoms with Gasteiger partial charge in [0.1, 0.15) is 11.5 Å². The largest absolute Gasteiger partial charge is 0.457 e. The van der Waals surface area contributed by atoms with E-state index in [1.807, 2.05) is 30.3 Å². The molecule has 1 N–H and O–H groups in total. The average Bonchev–Trinajstić information content (AvgIpc) is 2.37. The molecule has 0 saturated heterocycles. The molecule has 19 heavy (non-hydrogen) atoms. The second kappa shape index (κ2) is 5.86. The molecule has 0 saturated carbocycles. The van der Waals surface area contributed by atoms with Crippen molar-refractivity contribution in [2.75, 3.05) is 5.75 Å². The van der Waals surface area contributed by atoms with Crippen molar-refractivity contribution in [2.24, 2.45) is 0 Å². The van der Waals surface area contributed by atoms with E-state index in [4.69, 9.17) is 9.29 Å². The molecular formula is C14H14O4S. The van der Waals surface area contributed by atoms with Crippen LogP contribution < -0.4 is 4.74 Å². The maximum Gasteiger partial charge on any atom is 0.265 e. The van der Waals surface area contributed by atoms with Crippen LogP contribution in [0.15, 0.2) is 54.6 Å². The molecule has 0 aliphatic rings. The Morgan fingerprint density at radius 1 is 0.947 bits per heavy atom. The van der Waals surface area contributed by atoms with Gasteiger partial charge in [-0.15, -0.1) is 0 Å². The van der Waals surface area contributed by atoms with Gasteiger partial charge < -0.3 is 4.74 Å². The fourth-order valence-corrected chi connectivity index (χ4v) is 2.13. The highest BCUT2D eigenvalue weighted by molar-refractivity contribution is 7.85. The Balaban J connectivity index is 2.07. The number of hydrogen-bond acceptors (Lipinski definition) is 3. The minimum absolute atomic E-state index is 0.255. The van der Waals surface area contributed by atoms with Gasteiger partial charge in [0.15, 0.2) is 0 Å². The van der Waals surface area contributed by atoms with Gasteiger partial charge in [-0.3, -0.25) is 4.55 Å². The lowest BCUT2D eigenvalue weighted by molar-refractivity contribution is 0.479. The summed E-state index contributed by atoms with van der Waals surface area (Å²) < 4.78 is 35.8. The van der Waals surface area contributed by atoms with Crippen LogP contribution in [0.25, 0.3) is 0 Å². The summed E-state index contributed by atoms with van der Waals surface area (Å²) in [5, 5.41) is 0. The molecule has 0 heterocycles. The van der Waals surface area contributed by atoms with Gasteiger partial charge in [0.2, 0.25) is 0 Å². The standard InChI is InChI=1S/C14H14O4S/c15-19(16,17)10-9-12-5-4-8-14(11-12)18-13-6-2-1-3-7-13/h1-8,11H,9-10H2,(H,15,16,17). The molecule has 5 heteroatoms. The highest BCUT2D eigenvalue weighted by Crippen LogP contribution is 2.22. The Kier molecular flexibility index (Phi) is 4.19. The van der Waals surface area contributed by atoms with Crippen molar-refractivity contribution in [3.63, 3.8) is 0 Å². The highest BCUT2D eigenvalue weighted by atomic mass is 32.2. The fraction of sp³-hybridized carbons (Fsp3) is 0.143. The molecule has 2 rings (SSSR count). The van der Waals surface area contributed by atoms with E-state index in [0.717, 1.165) is 11.3 Å². The van der Waals surface area contributed by atoms with Crippen molar-refractivity contribution < 1.29 is 17.7 Å². The monoisotopic (exact) mass is 278 g/mol. The zero-order valence-electron chi connectivity index (χ0n) is 10.2. The van der Waals surface area contributed by atoms with Crippen molar-refractivity contribution in [1.82, 2.24) is 0 Å². The third kappa shape index (κ3) is 4.73. The van der Waals surface area contributed by atoms with Crippen molar-refractivity contribution in [1.29, 1.82) is 0 Å². The van der Waals surface area contributed by atoms with E-state index in [1.165, 1.54) is 0 Å². The van der Waals surface area contributed by atoms with Crippen LogP contribution in [0.2, 0.25) is 0 Å². The first-order chi connectivity index (χ1) is 9.03.